The maximum Gasteiger partial charge on any atom is 0.267 e. The van der Waals surface area contributed by atoms with E-state index in [-0.39, 0.29) is 18.4 Å². The molecule has 1 N–H and O–H groups in total. The number of thioether (sulfide) groups is 1. The fraction of sp³-hybridized carbons (Fsp3) is 0.412. The Labute approximate surface area is 135 Å². The van der Waals surface area contributed by atoms with Gasteiger partial charge in [-0.1, -0.05) is 50.1 Å². The first kappa shape index (κ1) is 16.8. The van der Waals surface area contributed by atoms with Gasteiger partial charge in [0.2, 0.25) is 0 Å². The second kappa shape index (κ2) is 8.15. The number of nitrogens with zero attached hydrogens (tertiary/aromatic N) is 1. The molecule has 1 aliphatic heterocycles. The Hall–Kier alpha value is -1.59. The monoisotopic (exact) mass is 319 g/mol. The highest BCUT2D eigenvalue weighted by Crippen LogP contribution is 2.35. The Morgan fingerprint density at radius 3 is 2.45 bits per heavy atom. The van der Waals surface area contributed by atoms with Crippen LogP contribution in [0.3, 0.4) is 0 Å². The molecule has 22 heavy (non-hydrogen) atoms. The summed E-state index contributed by atoms with van der Waals surface area (Å²) in [6.07, 6.45) is 2.87. The standard InChI is InChI=1S/C17H21NO3S/c1-2-3-7-10-18-16(20)14(13-8-5-4-6-9-13)15(17(18)21)22-12-11-19/h4-6,8-9,19H,2-3,7,10-12H2,1H3. The molecule has 0 aromatic heterocycles. The van der Waals surface area contributed by atoms with Crippen LogP contribution in [0.1, 0.15) is 31.7 Å². The third kappa shape index (κ3) is 3.59. The number of aliphatic hydroxyl groups is 1. The van der Waals surface area contributed by atoms with E-state index in [9.17, 15) is 9.59 Å². The Bertz CT molecular complexity index is 569. The molecule has 1 aromatic rings. The summed E-state index contributed by atoms with van der Waals surface area (Å²) in [5, 5.41) is 9.02. The maximum atomic E-state index is 12.7. The van der Waals surface area contributed by atoms with E-state index in [1.165, 1.54) is 16.7 Å². The summed E-state index contributed by atoms with van der Waals surface area (Å²) in [5.74, 6) is -0.0285. The lowest BCUT2D eigenvalue weighted by atomic mass is 10.1. The van der Waals surface area contributed by atoms with Crippen molar-refractivity contribution >= 4 is 29.1 Å². The zero-order valence-electron chi connectivity index (χ0n) is 12.7. The van der Waals surface area contributed by atoms with E-state index in [1.807, 2.05) is 30.3 Å². The summed E-state index contributed by atoms with van der Waals surface area (Å²) in [6, 6.07) is 9.28. The number of aliphatic hydroxyl groups excluding tert-OH is 1. The second-order valence-electron chi connectivity index (χ2n) is 5.11. The van der Waals surface area contributed by atoms with Crippen molar-refractivity contribution in [2.75, 3.05) is 18.9 Å². The van der Waals surface area contributed by atoms with Gasteiger partial charge < -0.3 is 5.11 Å². The van der Waals surface area contributed by atoms with Crippen LogP contribution < -0.4 is 0 Å². The van der Waals surface area contributed by atoms with Crippen molar-refractivity contribution in [3.8, 4) is 0 Å². The molecule has 5 heteroatoms. The molecule has 0 fully saturated rings. The Kier molecular flexibility index (Phi) is 6.21. The molecule has 0 atom stereocenters. The highest BCUT2D eigenvalue weighted by Gasteiger charge is 2.38. The zero-order chi connectivity index (χ0) is 15.9. The van der Waals surface area contributed by atoms with E-state index in [2.05, 4.69) is 6.92 Å². The fourth-order valence-corrected chi connectivity index (χ4v) is 3.30. The topological polar surface area (TPSA) is 57.6 Å². The average molecular weight is 319 g/mol. The van der Waals surface area contributed by atoms with Crippen molar-refractivity contribution in [2.24, 2.45) is 0 Å². The van der Waals surface area contributed by atoms with Crippen molar-refractivity contribution in [3.05, 3.63) is 40.8 Å². The van der Waals surface area contributed by atoms with Crippen molar-refractivity contribution in [2.45, 2.75) is 26.2 Å². The van der Waals surface area contributed by atoms with Gasteiger partial charge in [0.1, 0.15) is 0 Å². The van der Waals surface area contributed by atoms with Crippen LogP contribution in [0.5, 0.6) is 0 Å². The minimum Gasteiger partial charge on any atom is -0.396 e. The minimum atomic E-state index is -0.224. The van der Waals surface area contributed by atoms with Gasteiger partial charge in [0.25, 0.3) is 11.8 Å². The van der Waals surface area contributed by atoms with Gasteiger partial charge in [0, 0.05) is 12.3 Å². The lowest BCUT2D eigenvalue weighted by Crippen LogP contribution is -2.32. The van der Waals surface area contributed by atoms with Crippen LogP contribution >= 0.6 is 11.8 Å². The Morgan fingerprint density at radius 1 is 1.09 bits per heavy atom. The van der Waals surface area contributed by atoms with Crippen LogP contribution in [-0.2, 0) is 9.59 Å². The minimum absolute atomic E-state index is 0.0203. The van der Waals surface area contributed by atoms with Gasteiger partial charge in [-0.2, -0.15) is 0 Å². The summed E-state index contributed by atoms with van der Waals surface area (Å²) < 4.78 is 0. The van der Waals surface area contributed by atoms with Gasteiger partial charge in [-0.3, -0.25) is 14.5 Å². The molecular formula is C17H21NO3S. The summed E-state index contributed by atoms with van der Waals surface area (Å²) in [5.41, 5.74) is 1.24. The van der Waals surface area contributed by atoms with Crippen LogP contribution in [0, 0.1) is 0 Å². The first-order valence-electron chi connectivity index (χ1n) is 7.60. The Morgan fingerprint density at radius 2 is 1.82 bits per heavy atom. The lowest BCUT2D eigenvalue weighted by Gasteiger charge is -2.14. The van der Waals surface area contributed by atoms with Crippen molar-refractivity contribution in [3.63, 3.8) is 0 Å². The molecule has 0 saturated heterocycles. The lowest BCUT2D eigenvalue weighted by molar-refractivity contribution is -0.136. The number of carbonyl (C=O) groups excluding carboxylic acids is 2. The molecule has 0 spiro atoms. The van der Waals surface area contributed by atoms with Crippen molar-refractivity contribution < 1.29 is 14.7 Å². The highest BCUT2D eigenvalue weighted by atomic mass is 32.2. The molecule has 1 aromatic carbocycles. The van der Waals surface area contributed by atoms with E-state index >= 15 is 0 Å². The average Bonchev–Trinajstić information content (AvgIpc) is 2.78. The molecule has 0 unspecified atom stereocenters. The highest BCUT2D eigenvalue weighted by molar-refractivity contribution is 8.04. The largest absolute Gasteiger partial charge is 0.396 e. The third-order valence-corrected chi connectivity index (χ3v) is 4.57. The predicted octanol–water partition coefficient (Wildman–Crippen LogP) is 2.68. The smallest absolute Gasteiger partial charge is 0.267 e. The molecule has 0 radical (unpaired) electrons. The molecule has 118 valence electrons. The van der Waals surface area contributed by atoms with Crippen LogP contribution in [0.25, 0.3) is 5.57 Å². The number of hydrogen-bond acceptors (Lipinski definition) is 4. The molecule has 0 saturated carbocycles. The predicted molar refractivity (Wildman–Crippen MR) is 89.2 cm³/mol. The van der Waals surface area contributed by atoms with E-state index in [0.29, 0.717) is 22.8 Å². The van der Waals surface area contributed by atoms with E-state index in [0.717, 1.165) is 24.8 Å². The fourth-order valence-electron chi connectivity index (χ4n) is 2.42. The summed E-state index contributed by atoms with van der Waals surface area (Å²) in [7, 11) is 0. The first-order chi connectivity index (χ1) is 10.7. The van der Waals surface area contributed by atoms with Crippen LogP contribution in [0.4, 0.5) is 0 Å². The van der Waals surface area contributed by atoms with Crippen molar-refractivity contribution in [1.29, 1.82) is 0 Å². The number of benzene rings is 1. The number of amides is 2. The number of rotatable bonds is 8. The van der Waals surface area contributed by atoms with Crippen LogP contribution in [-0.4, -0.2) is 40.7 Å². The van der Waals surface area contributed by atoms with Crippen molar-refractivity contribution in [1.82, 2.24) is 4.90 Å². The van der Waals surface area contributed by atoms with Crippen LogP contribution in [0.15, 0.2) is 35.2 Å². The summed E-state index contributed by atoms with van der Waals surface area (Å²) >= 11 is 1.26. The van der Waals surface area contributed by atoms with Gasteiger partial charge in [-0.15, -0.1) is 11.8 Å². The van der Waals surface area contributed by atoms with Gasteiger partial charge in [0.05, 0.1) is 17.1 Å². The third-order valence-electron chi connectivity index (χ3n) is 3.51. The zero-order valence-corrected chi connectivity index (χ0v) is 13.6. The molecule has 4 nitrogen and oxygen atoms in total. The molecule has 1 heterocycles. The first-order valence-corrected chi connectivity index (χ1v) is 8.58. The Balaban J connectivity index is 2.29. The molecule has 2 rings (SSSR count). The molecule has 0 bridgehead atoms. The molecule has 1 aliphatic rings. The number of hydrogen-bond donors (Lipinski definition) is 1. The number of carbonyl (C=O) groups is 2. The maximum absolute atomic E-state index is 12.7. The normalized spacial score (nSPS) is 15.1. The summed E-state index contributed by atoms with van der Waals surface area (Å²) in [4.78, 5) is 27.0. The quantitative estimate of drug-likeness (QED) is 0.591. The molecular weight excluding hydrogens is 298 g/mol. The second-order valence-corrected chi connectivity index (χ2v) is 6.22. The van der Waals surface area contributed by atoms with Gasteiger partial charge in [-0.05, 0) is 12.0 Å². The molecule has 0 aliphatic carbocycles. The van der Waals surface area contributed by atoms with E-state index < -0.39 is 0 Å². The SMILES string of the molecule is CCCCCN1C(=O)C(SCCO)=C(c2ccccc2)C1=O. The number of unbranched alkanes of at least 4 members (excludes halogenated alkanes) is 2. The van der Waals surface area contributed by atoms with E-state index in [1.54, 1.807) is 0 Å². The molecule has 2 amide bonds. The van der Waals surface area contributed by atoms with Gasteiger partial charge in [-0.25, -0.2) is 0 Å². The van der Waals surface area contributed by atoms with Gasteiger partial charge in [0.15, 0.2) is 0 Å². The van der Waals surface area contributed by atoms with Gasteiger partial charge >= 0.3 is 0 Å². The summed E-state index contributed by atoms with van der Waals surface area (Å²) in [6.45, 7) is 2.53. The van der Waals surface area contributed by atoms with E-state index in [4.69, 9.17) is 5.11 Å². The number of imide groups is 1. The van der Waals surface area contributed by atoms with Crippen LogP contribution in [0.2, 0.25) is 0 Å².